The quantitative estimate of drug-likeness (QED) is 0.351. The Kier molecular flexibility index (Phi) is 8.32. The van der Waals surface area contributed by atoms with Crippen LogP contribution in [0, 0.1) is 13.8 Å². The maximum atomic E-state index is 11.9. The summed E-state index contributed by atoms with van der Waals surface area (Å²) in [6, 6.07) is 14.2. The Morgan fingerprint density at radius 1 is 0.969 bits per heavy atom. The van der Waals surface area contributed by atoms with Gasteiger partial charge in [0.25, 0.3) is 0 Å². The predicted octanol–water partition coefficient (Wildman–Crippen LogP) is 7.28. The molecule has 3 aromatic rings. The largest absolute Gasteiger partial charge is 0.384 e. The number of unbranched alkanes of at least 4 members (excludes halogenated alkanes) is 2. The molecule has 0 radical (unpaired) electrons. The number of rotatable bonds is 10. The summed E-state index contributed by atoms with van der Waals surface area (Å²) in [6.45, 7) is 13.2. The molecule has 172 valence electrons. The highest BCUT2D eigenvalue weighted by molar-refractivity contribution is 6.30. The van der Waals surface area contributed by atoms with Crippen molar-refractivity contribution in [3.63, 3.8) is 0 Å². The van der Waals surface area contributed by atoms with E-state index in [0.29, 0.717) is 11.6 Å². The second-order valence-corrected chi connectivity index (χ2v) is 9.73. The summed E-state index contributed by atoms with van der Waals surface area (Å²) in [7, 11) is 0. The van der Waals surface area contributed by atoms with E-state index < -0.39 is 5.60 Å². The van der Waals surface area contributed by atoms with E-state index >= 15 is 0 Å². The van der Waals surface area contributed by atoms with Crippen LogP contribution in [0.1, 0.15) is 63.1 Å². The van der Waals surface area contributed by atoms with Crippen LogP contribution in [0.2, 0.25) is 5.02 Å². The number of aromatic nitrogens is 1. The Morgan fingerprint density at radius 3 is 2.19 bits per heavy atom. The van der Waals surface area contributed by atoms with Gasteiger partial charge in [0.15, 0.2) is 0 Å². The van der Waals surface area contributed by atoms with Crippen LogP contribution in [0.3, 0.4) is 0 Å². The van der Waals surface area contributed by atoms with Crippen LogP contribution in [0.5, 0.6) is 0 Å². The molecule has 0 spiro atoms. The molecule has 0 aliphatic carbocycles. The molecule has 2 aromatic carbocycles. The fraction of sp³-hybridized carbons (Fsp3) is 0.464. The molecular formula is C28H37ClN2O. The number of nitrogens with zero attached hydrogens (tertiary/aromatic N) is 2. The molecule has 3 nitrogen and oxygen atoms in total. The Morgan fingerprint density at radius 2 is 1.59 bits per heavy atom. The van der Waals surface area contributed by atoms with Gasteiger partial charge in [0, 0.05) is 22.5 Å². The van der Waals surface area contributed by atoms with Gasteiger partial charge in [-0.3, -0.25) is 0 Å². The first-order chi connectivity index (χ1) is 15.2. The monoisotopic (exact) mass is 452 g/mol. The SMILES string of the molecule is CCCCN(CCCC)C[C@@](C)(O)c1cc(-c2ccc(Cl)cc2)nc2c(C)cc(C)cc12. The molecular weight excluding hydrogens is 416 g/mol. The minimum Gasteiger partial charge on any atom is -0.384 e. The molecule has 0 aliphatic heterocycles. The van der Waals surface area contributed by atoms with Gasteiger partial charge in [-0.25, -0.2) is 4.98 Å². The first-order valence-electron chi connectivity index (χ1n) is 11.9. The van der Waals surface area contributed by atoms with Crippen LogP contribution in [0.15, 0.2) is 42.5 Å². The van der Waals surface area contributed by atoms with Crippen molar-refractivity contribution in [1.82, 2.24) is 9.88 Å². The average molecular weight is 453 g/mol. The van der Waals surface area contributed by atoms with Crippen molar-refractivity contribution in [1.29, 1.82) is 0 Å². The summed E-state index contributed by atoms with van der Waals surface area (Å²) in [5.74, 6) is 0. The molecule has 1 atom stereocenters. The number of hydrogen-bond acceptors (Lipinski definition) is 3. The lowest BCUT2D eigenvalue weighted by molar-refractivity contribution is 0.0162. The summed E-state index contributed by atoms with van der Waals surface area (Å²) < 4.78 is 0. The van der Waals surface area contributed by atoms with Crippen molar-refractivity contribution in [2.75, 3.05) is 19.6 Å². The molecule has 0 saturated heterocycles. The first kappa shape index (κ1) is 24.7. The summed E-state index contributed by atoms with van der Waals surface area (Å²) in [4.78, 5) is 7.42. The van der Waals surface area contributed by atoms with Crippen molar-refractivity contribution in [2.45, 2.75) is 65.9 Å². The van der Waals surface area contributed by atoms with Gasteiger partial charge in [0.1, 0.15) is 5.60 Å². The predicted molar refractivity (Wildman–Crippen MR) is 137 cm³/mol. The van der Waals surface area contributed by atoms with Crippen LogP contribution in [-0.2, 0) is 5.60 Å². The summed E-state index contributed by atoms with van der Waals surface area (Å²) in [5.41, 5.74) is 5.07. The standard InChI is InChI=1S/C28H37ClN2O/c1-6-8-14-31(15-9-7-2)19-28(5,32)25-18-26(22-10-12-23(29)13-11-22)30-27-21(4)16-20(3)17-24(25)27/h10-13,16-18,32H,6-9,14-15,19H2,1-5H3/t28-/m1/s1. The fourth-order valence-corrected chi connectivity index (χ4v) is 4.57. The van der Waals surface area contributed by atoms with E-state index in [1.54, 1.807) is 0 Å². The van der Waals surface area contributed by atoms with Crippen molar-refractivity contribution in [3.05, 3.63) is 64.2 Å². The Labute approximate surface area is 198 Å². The third-order valence-corrected chi connectivity index (χ3v) is 6.41. The lowest BCUT2D eigenvalue weighted by atomic mass is 9.89. The third-order valence-electron chi connectivity index (χ3n) is 6.16. The smallest absolute Gasteiger partial charge is 0.100 e. The highest BCUT2D eigenvalue weighted by Crippen LogP contribution is 2.35. The van der Waals surface area contributed by atoms with Crippen molar-refractivity contribution in [3.8, 4) is 11.3 Å². The second kappa shape index (κ2) is 10.8. The van der Waals surface area contributed by atoms with Crippen LogP contribution < -0.4 is 0 Å². The molecule has 1 N–H and O–H groups in total. The fourth-order valence-electron chi connectivity index (χ4n) is 4.45. The lowest BCUT2D eigenvalue weighted by Crippen LogP contribution is -2.40. The molecule has 0 fully saturated rings. The van der Waals surface area contributed by atoms with Crippen LogP contribution in [0.25, 0.3) is 22.2 Å². The van der Waals surface area contributed by atoms with Crippen molar-refractivity contribution in [2.24, 2.45) is 0 Å². The molecule has 0 amide bonds. The zero-order chi connectivity index (χ0) is 23.3. The van der Waals surface area contributed by atoms with E-state index in [4.69, 9.17) is 16.6 Å². The third kappa shape index (κ3) is 5.89. The van der Waals surface area contributed by atoms with Crippen molar-refractivity contribution >= 4 is 22.5 Å². The van der Waals surface area contributed by atoms with E-state index in [2.05, 4.69) is 50.8 Å². The summed E-state index contributed by atoms with van der Waals surface area (Å²) >= 11 is 6.12. The van der Waals surface area contributed by atoms with Crippen LogP contribution >= 0.6 is 11.6 Å². The molecule has 0 saturated carbocycles. The first-order valence-corrected chi connectivity index (χ1v) is 12.3. The summed E-state index contributed by atoms with van der Waals surface area (Å²) in [6.07, 6.45) is 4.60. The van der Waals surface area contributed by atoms with E-state index in [1.165, 1.54) is 5.56 Å². The maximum absolute atomic E-state index is 11.9. The normalized spacial score (nSPS) is 13.6. The highest BCUT2D eigenvalue weighted by Gasteiger charge is 2.29. The second-order valence-electron chi connectivity index (χ2n) is 9.30. The Bertz CT molecular complexity index is 1040. The zero-order valence-corrected chi connectivity index (χ0v) is 21.0. The minimum absolute atomic E-state index is 0.610. The Balaban J connectivity index is 2.12. The molecule has 4 heteroatoms. The lowest BCUT2D eigenvalue weighted by Gasteiger charge is -2.33. The van der Waals surface area contributed by atoms with E-state index in [1.807, 2.05) is 31.2 Å². The summed E-state index contributed by atoms with van der Waals surface area (Å²) in [5, 5.41) is 13.6. The zero-order valence-electron chi connectivity index (χ0n) is 20.2. The topological polar surface area (TPSA) is 36.4 Å². The molecule has 1 aromatic heterocycles. The molecule has 0 unspecified atom stereocenters. The molecule has 0 bridgehead atoms. The van der Waals surface area contributed by atoms with Gasteiger partial charge in [-0.1, -0.05) is 62.1 Å². The number of fused-ring (bicyclic) bond motifs is 1. The van der Waals surface area contributed by atoms with Crippen LogP contribution in [-0.4, -0.2) is 34.6 Å². The number of halogens is 1. The molecule has 1 heterocycles. The van der Waals surface area contributed by atoms with Crippen molar-refractivity contribution < 1.29 is 5.11 Å². The molecule has 0 aliphatic rings. The van der Waals surface area contributed by atoms with Gasteiger partial charge < -0.3 is 10.0 Å². The van der Waals surface area contributed by atoms with E-state index in [0.717, 1.165) is 72.1 Å². The van der Waals surface area contributed by atoms with E-state index in [9.17, 15) is 5.11 Å². The van der Waals surface area contributed by atoms with Gasteiger partial charge in [0.2, 0.25) is 0 Å². The Hall–Kier alpha value is -1.94. The van der Waals surface area contributed by atoms with Gasteiger partial charge in [-0.15, -0.1) is 0 Å². The van der Waals surface area contributed by atoms with Crippen LogP contribution in [0.4, 0.5) is 0 Å². The van der Waals surface area contributed by atoms with Gasteiger partial charge in [-0.2, -0.15) is 0 Å². The highest BCUT2D eigenvalue weighted by atomic mass is 35.5. The van der Waals surface area contributed by atoms with Gasteiger partial charge in [-0.05, 0) is 82.1 Å². The number of hydrogen-bond donors (Lipinski definition) is 1. The average Bonchev–Trinajstić information content (AvgIpc) is 2.75. The van der Waals surface area contributed by atoms with Gasteiger partial charge >= 0.3 is 0 Å². The minimum atomic E-state index is -0.996. The maximum Gasteiger partial charge on any atom is 0.100 e. The number of benzene rings is 2. The number of pyridine rings is 1. The molecule has 32 heavy (non-hydrogen) atoms. The number of aliphatic hydroxyl groups is 1. The molecule has 3 rings (SSSR count). The van der Waals surface area contributed by atoms with Gasteiger partial charge in [0.05, 0.1) is 11.2 Å². The number of aryl methyl sites for hydroxylation is 2. The van der Waals surface area contributed by atoms with E-state index in [-0.39, 0.29) is 0 Å².